The Kier molecular flexibility index (Phi) is 5.93. The summed E-state index contributed by atoms with van der Waals surface area (Å²) in [5, 5.41) is 10.5. The molecule has 0 saturated carbocycles. The smallest absolute Gasteiger partial charge is 0.322 e. The van der Waals surface area contributed by atoms with Gasteiger partial charge in [0, 0.05) is 26.2 Å². The lowest BCUT2D eigenvalue weighted by molar-refractivity contribution is 0.203. The number of carbonyl (C=O) groups is 1. The standard InChI is InChI=1S/C24H18Cl2N4O2S/c1-14-20(23-28-22(29-32-23)16-4-2-5-18(26)12-16)21(15-7-9-17(25)10-8-15)27-24(31)30(14)13-19-6-3-11-33-19/h2-12,21H,13H2,1H3,(H,27,31). The predicted octanol–water partition coefficient (Wildman–Crippen LogP) is 6.80. The van der Waals surface area contributed by atoms with Gasteiger partial charge in [-0.15, -0.1) is 11.3 Å². The first kappa shape index (κ1) is 21.7. The first-order valence-electron chi connectivity index (χ1n) is 10.2. The normalized spacial score (nSPS) is 16.3. The highest BCUT2D eigenvalue weighted by molar-refractivity contribution is 7.09. The second kappa shape index (κ2) is 9.02. The maximum absolute atomic E-state index is 13.1. The number of hydrogen-bond acceptors (Lipinski definition) is 5. The summed E-state index contributed by atoms with van der Waals surface area (Å²) < 4.78 is 5.70. The van der Waals surface area contributed by atoms with Crippen LogP contribution in [0.5, 0.6) is 0 Å². The zero-order valence-corrected chi connectivity index (χ0v) is 19.8. The maximum atomic E-state index is 13.1. The Hall–Kier alpha value is -3.13. The molecule has 33 heavy (non-hydrogen) atoms. The lowest BCUT2D eigenvalue weighted by Crippen LogP contribution is -2.45. The van der Waals surface area contributed by atoms with Gasteiger partial charge in [-0.05, 0) is 48.2 Å². The fourth-order valence-electron chi connectivity index (χ4n) is 3.79. The molecular formula is C24H18Cl2N4O2S. The summed E-state index contributed by atoms with van der Waals surface area (Å²) >= 11 is 13.8. The van der Waals surface area contributed by atoms with Crippen LogP contribution in [0.2, 0.25) is 10.0 Å². The number of carbonyl (C=O) groups excluding carboxylic acids is 1. The molecule has 2 aromatic heterocycles. The number of nitrogens with zero attached hydrogens (tertiary/aromatic N) is 3. The largest absolute Gasteiger partial charge is 0.334 e. The van der Waals surface area contributed by atoms with Gasteiger partial charge < -0.3 is 9.84 Å². The highest BCUT2D eigenvalue weighted by Gasteiger charge is 2.36. The van der Waals surface area contributed by atoms with Crippen LogP contribution in [-0.4, -0.2) is 21.1 Å². The molecule has 0 fully saturated rings. The minimum absolute atomic E-state index is 0.195. The van der Waals surface area contributed by atoms with Crippen LogP contribution < -0.4 is 5.32 Å². The van der Waals surface area contributed by atoms with E-state index in [0.29, 0.717) is 28.3 Å². The van der Waals surface area contributed by atoms with Crippen LogP contribution in [0, 0.1) is 0 Å². The van der Waals surface area contributed by atoms with Crippen LogP contribution in [0.15, 0.2) is 76.3 Å². The number of urea groups is 1. The Balaban J connectivity index is 1.60. The van der Waals surface area contributed by atoms with Crippen LogP contribution in [0.3, 0.4) is 0 Å². The summed E-state index contributed by atoms with van der Waals surface area (Å²) in [6.45, 7) is 2.34. The minimum atomic E-state index is -0.470. The van der Waals surface area contributed by atoms with Crippen molar-refractivity contribution >= 4 is 46.1 Å². The summed E-state index contributed by atoms with van der Waals surface area (Å²) in [5.41, 5.74) is 3.08. The highest BCUT2D eigenvalue weighted by Crippen LogP contribution is 2.38. The van der Waals surface area contributed by atoms with Crippen LogP contribution in [0.1, 0.15) is 29.3 Å². The molecule has 166 valence electrons. The van der Waals surface area contributed by atoms with E-state index < -0.39 is 6.04 Å². The first-order valence-corrected chi connectivity index (χ1v) is 11.8. The summed E-state index contributed by atoms with van der Waals surface area (Å²) in [5.74, 6) is 0.753. The fraction of sp³-hybridized carbons (Fsp3) is 0.125. The number of nitrogens with one attached hydrogen (secondary N) is 1. The number of rotatable bonds is 5. The molecule has 9 heteroatoms. The van der Waals surface area contributed by atoms with E-state index in [9.17, 15) is 4.79 Å². The lowest BCUT2D eigenvalue weighted by atomic mass is 9.94. The van der Waals surface area contributed by atoms with Crippen molar-refractivity contribution in [3.63, 3.8) is 0 Å². The maximum Gasteiger partial charge on any atom is 0.322 e. The van der Waals surface area contributed by atoms with Crippen molar-refractivity contribution in [1.82, 2.24) is 20.4 Å². The molecule has 6 nitrogen and oxygen atoms in total. The molecule has 0 bridgehead atoms. The molecule has 2 aromatic carbocycles. The predicted molar refractivity (Wildman–Crippen MR) is 130 cm³/mol. The van der Waals surface area contributed by atoms with Crippen LogP contribution in [0.4, 0.5) is 4.79 Å². The van der Waals surface area contributed by atoms with Crippen molar-refractivity contribution in [2.45, 2.75) is 19.5 Å². The second-order valence-electron chi connectivity index (χ2n) is 7.53. The monoisotopic (exact) mass is 496 g/mol. The van der Waals surface area contributed by atoms with Gasteiger partial charge in [-0.25, -0.2) is 4.79 Å². The Morgan fingerprint density at radius 3 is 2.64 bits per heavy atom. The van der Waals surface area contributed by atoms with E-state index in [2.05, 4.69) is 15.5 Å². The van der Waals surface area contributed by atoms with E-state index >= 15 is 0 Å². The molecule has 3 heterocycles. The van der Waals surface area contributed by atoms with Gasteiger partial charge in [0.25, 0.3) is 5.89 Å². The van der Waals surface area contributed by atoms with Gasteiger partial charge in [-0.3, -0.25) is 4.90 Å². The van der Waals surface area contributed by atoms with E-state index in [1.807, 2.05) is 48.7 Å². The summed E-state index contributed by atoms with van der Waals surface area (Å²) in [4.78, 5) is 20.5. The molecule has 2 amide bonds. The van der Waals surface area contributed by atoms with Crippen LogP contribution >= 0.6 is 34.5 Å². The lowest BCUT2D eigenvalue weighted by Gasteiger charge is -2.35. The average molecular weight is 497 g/mol. The van der Waals surface area contributed by atoms with Crippen LogP contribution in [0.25, 0.3) is 17.0 Å². The molecule has 1 N–H and O–H groups in total. The zero-order valence-electron chi connectivity index (χ0n) is 17.5. The zero-order chi connectivity index (χ0) is 22.9. The van der Waals surface area contributed by atoms with E-state index in [1.54, 1.807) is 40.5 Å². The Morgan fingerprint density at radius 2 is 1.91 bits per heavy atom. The number of benzene rings is 2. The van der Waals surface area contributed by atoms with Crippen molar-refractivity contribution < 1.29 is 9.32 Å². The SMILES string of the molecule is CC1=C(c2nc(-c3cccc(Cl)c3)no2)C(c2ccc(Cl)cc2)NC(=O)N1Cc1cccs1. The number of thiophene rings is 1. The Morgan fingerprint density at radius 1 is 1.09 bits per heavy atom. The molecule has 4 aromatic rings. The van der Waals surface area contributed by atoms with Crippen molar-refractivity contribution in [3.8, 4) is 11.4 Å². The minimum Gasteiger partial charge on any atom is -0.334 e. The molecule has 0 radical (unpaired) electrons. The van der Waals surface area contributed by atoms with Crippen LogP contribution in [-0.2, 0) is 6.54 Å². The molecule has 1 aliphatic rings. The van der Waals surface area contributed by atoms with Gasteiger partial charge in [0.05, 0.1) is 18.2 Å². The van der Waals surface area contributed by atoms with Gasteiger partial charge in [0.2, 0.25) is 5.82 Å². The quantitative estimate of drug-likeness (QED) is 0.329. The van der Waals surface area contributed by atoms with Gasteiger partial charge in [0.15, 0.2) is 0 Å². The van der Waals surface area contributed by atoms with Gasteiger partial charge in [0.1, 0.15) is 0 Å². The van der Waals surface area contributed by atoms with Gasteiger partial charge in [-0.1, -0.05) is 58.7 Å². The van der Waals surface area contributed by atoms with E-state index in [0.717, 1.165) is 27.3 Å². The molecule has 1 aliphatic heterocycles. The molecule has 0 saturated heterocycles. The highest BCUT2D eigenvalue weighted by atomic mass is 35.5. The van der Waals surface area contributed by atoms with Crippen molar-refractivity contribution in [2.75, 3.05) is 0 Å². The summed E-state index contributed by atoms with van der Waals surface area (Å²) in [7, 11) is 0. The molecular weight excluding hydrogens is 479 g/mol. The fourth-order valence-corrected chi connectivity index (χ4v) is 4.80. The van der Waals surface area contributed by atoms with E-state index in [4.69, 9.17) is 27.7 Å². The van der Waals surface area contributed by atoms with Gasteiger partial charge in [-0.2, -0.15) is 4.98 Å². The number of allylic oxidation sites excluding steroid dienone is 1. The number of hydrogen-bond donors (Lipinski definition) is 1. The van der Waals surface area contributed by atoms with Crippen molar-refractivity contribution in [3.05, 3.63) is 98.1 Å². The van der Waals surface area contributed by atoms with Gasteiger partial charge >= 0.3 is 6.03 Å². The number of amides is 2. The summed E-state index contributed by atoms with van der Waals surface area (Å²) in [6.07, 6.45) is 0. The molecule has 1 unspecified atom stereocenters. The second-order valence-corrected chi connectivity index (χ2v) is 9.44. The number of halogens is 2. The third-order valence-electron chi connectivity index (χ3n) is 5.43. The third kappa shape index (κ3) is 4.39. The topological polar surface area (TPSA) is 71.3 Å². The molecule has 0 aliphatic carbocycles. The molecule has 5 rings (SSSR count). The third-order valence-corrected chi connectivity index (χ3v) is 6.78. The average Bonchev–Trinajstić information content (AvgIpc) is 3.49. The van der Waals surface area contributed by atoms with E-state index in [1.165, 1.54) is 0 Å². The van der Waals surface area contributed by atoms with Crippen molar-refractivity contribution in [1.29, 1.82) is 0 Å². The first-order chi connectivity index (χ1) is 16.0. The number of aromatic nitrogens is 2. The Bertz CT molecular complexity index is 1330. The Labute approximate surface area is 204 Å². The van der Waals surface area contributed by atoms with Crippen molar-refractivity contribution in [2.24, 2.45) is 0 Å². The van der Waals surface area contributed by atoms with E-state index in [-0.39, 0.29) is 6.03 Å². The molecule has 1 atom stereocenters. The molecule has 0 spiro atoms. The summed E-state index contributed by atoms with van der Waals surface area (Å²) in [6, 6.07) is 17.9.